The molecule has 7 nitrogen and oxygen atoms in total. The number of carbonyl (C=O) groups is 2. The summed E-state index contributed by atoms with van der Waals surface area (Å²) in [7, 11) is 1.31. The Morgan fingerprint density at radius 1 is 1.32 bits per heavy atom. The molecule has 0 saturated heterocycles. The van der Waals surface area contributed by atoms with E-state index in [-0.39, 0.29) is 29.5 Å². The van der Waals surface area contributed by atoms with Crippen LogP contribution in [0.2, 0.25) is 0 Å². The molecule has 0 aliphatic heterocycles. The predicted molar refractivity (Wildman–Crippen MR) is 118 cm³/mol. The Morgan fingerprint density at radius 3 is 2.65 bits per heavy atom. The second-order valence-electron chi connectivity index (χ2n) is 8.80. The number of halogens is 3. The molecule has 1 aromatic carbocycles. The van der Waals surface area contributed by atoms with Gasteiger partial charge in [0.15, 0.2) is 0 Å². The molecule has 4 rings (SSSR count). The number of aldehydes is 1. The van der Waals surface area contributed by atoms with Gasteiger partial charge in [0.25, 0.3) is 5.91 Å². The number of hydrogen-bond acceptors (Lipinski definition) is 5. The van der Waals surface area contributed by atoms with Crippen LogP contribution in [-0.4, -0.2) is 48.2 Å². The summed E-state index contributed by atoms with van der Waals surface area (Å²) >= 11 is 0. The number of aromatic nitrogens is 2. The quantitative estimate of drug-likeness (QED) is 0.470. The summed E-state index contributed by atoms with van der Waals surface area (Å²) in [6.45, 7) is 0.477. The lowest BCUT2D eigenvalue weighted by Gasteiger charge is -2.17. The van der Waals surface area contributed by atoms with E-state index in [0.29, 0.717) is 23.1 Å². The standard InChI is InChI=1S/C24H24F3N3O4/c1-24(2,12-31)15-4-5-18-16(10-29-30(18)11-15)13-7-19(33-3)21(20(8-13)34-23(26)27)22(32)28-9-14-6-17(14)25/h4-5,7-8,10-12,14,17,23H,6,9H2,1-3H3,(H,28,32)/t14-,17-/m0/s1. The Bertz CT molecular complexity index is 1240. The van der Waals surface area contributed by atoms with Crippen molar-refractivity contribution in [3.63, 3.8) is 0 Å². The zero-order valence-corrected chi connectivity index (χ0v) is 18.8. The SMILES string of the molecule is COc1cc(-c2cnn3cc(C(C)(C)C=O)ccc23)cc(OC(F)F)c1C(=O)NC[C@@H]1C[C@@H]1F. The fourth-order valence-corrected chi connectivity index (χ4v) is 3.71. The number of fused-ring (bicyclic) bond motifs is 1. The number of methoxy groups -OCH3 is 1. The third-order valence-electron chi connectivity index (χ3n) is 5.96. The smallest absolute Gasteiger partial charge is 0.387 e. The summed E-state index contributed by atoms with van der Waals surface area (Å²) in [5.41, 5.74) is 1.51. The first-order valence-electron chi connectivity index (χ1n) is 10.7. The van der Waals surface area contributed by atoms with Crippen LogP contribution in [0.3, 0.4) is 0 Å². The molecule has 0 unspecified atom stereocenters. The first kappa shape index (κ1) is 23.6. The Morgan fingerprint density at radius 2 is 2.03 bits per heavy atom. The number of nitrogens with one attached hydrogen (secondary N) is 1. The third kappa shape index (κ3) is 4.57. The van der Waals surface area contributed by atoms with Gasteiger partial charge < -0.3 is 19.6 Å². The molecule has 1 fully saturated rings. The largest absolute Gasteiger partial charge is 0.496 e. The van der Waals surface area contributed by atoms with E-state index in [9.17, 15) is 22.8 Å². The van der Waals surface area contributed by atoms with E-state index in [1.807, 2.05) is 0 Å². The van der Waals surface area contributed by atoms with Gasteiger partial charge in [-0.3, -0.25) is 4.79 Å². The molecule has 1 saturated carbocycles. The number of pyridine rings is 1. The molecule has 0 bridgehead atoms. The molecule has 2 aromatic heterocycles. The van der Waals surface area contributed by atoms with Crippen LogP contribution in [0.1, 0.15) is 36.2 Å². The Kier molecular flexibility index (Phi) is 6.24. The summed E-state index contributed by atoms with van der Waals surface area (Å²) in [6.07, 6.45) is 3.51. The van der Waals surface area contributed by atoms with Gasteiger partial charge in [-0.1, -0.05) is 6.07 Å². The average molecular weight is 475 g/mol. The molecule has 2 heterocycles. The Balaban J connectivity index is 1.75. The number of amides is 1. The van der Waals surface area contributed by atoms with Crippen molar-refractivity contribution in [3.05, 3.63) is 47.8 Å². The van der Waals surface area contributed by atoms with Gasteiger partial charge in [0.2, 0.25) is 0 Å². The van der Waals surface area contributed by atoms with E-state index in [0.717, 1.165) is 11.8 Å². The maximum Gasteiger partial charge on any atom is 0.387 e. The van der Waals surface area contributed by atoms with Crippen molar-refractivity contribution in [3.8, 4) is 22.6 Å². The van der Waals surface area contributed by atoms with Crippen LogP contribution in [0.15, 0.2) is 36.7 Å². The number of nitrogens with zero attached hydrogens (tertiary/aromatic N) is 2. The lowest BCUT2D eigenvalue weighted by Crippen LogP contribution is -2.27. The molecule has 1 amide bonds. The highest BCUT2D eigenvalue weighted by atomic mass is 19.3. The molecule has 0 radical (unpaired) electrons. The van der Waals surface area contributed by atoms with E-state index in [4.69, 9.17) is 4.74 Å². The summed E-state index contributed by atoms with van der Waals surface area (Å²) < 4.78 is 51.1. The molecule has 1 aliphatic rings. The molecule has 10 heteroatoms. The molecule has 2 atom stereocenters. The topological polar surface area (TPSA) is 81.9 Å². The maximum absolute atomic E-state index is 13.2. The third-order valence-corrected chi connectivity index (χ3v) is 5.96. The van der Waals surface area contributed by atoms with Gasteiger partial charge in [0, 0.05) is 29.6 Å². The lowest BCUT2D eigenvalue weighted by atomic mass is 9.87. The summed E-state index contributed by atoms with van der Waals surface area (Å²) in [4.78, 5) is 24.2. The summed E-state index contributed by atoms with van der Waals surface area (Å²) in [6, 6.07) is 6.41. The molecule has 0 spiro atoms. The number of benzene rings is 1. The maximum atomic E-state index is 13.2. The molecule has 180 valence electrons. The lowest BCUT2D eigenvalue weighted by molar-refractivity contribution is -0.111. The highest BCUT2D eigenvalue weighted by Crippen LogP contribution is 2.38. The number of ether oxygens (including phenoxy) is 2. The van der Waals surface area contributed by atoms with Crippen molar-refractivity contribution in [1.82, 2.24) is 14.9 Å². The van der Waals surface area contributed by atoms with Gasteiger partial charge in [0.1, 0.15) is 29.5 Å². The Labute approximate surface area is 193 Å². The second kappa shape index (κ2) is 9.00. The zero-order valence-electron chi connectivity index (χ0n) is 18.8. The number of hydrogen-bond donors (Lipinski definition) is 1. The van der Waals surface area contributed by atoms with E-state index >= 15 is 0 Å². The van der Waals surface area contributed by atoms with E-state index in [1.54, 1.807) is 42.9 Å². The average Bonchev–Trinajstić information content (AvgIpc) is 3.35. The minimum absolute atomic E-state index is 0.0244. The molecule has 1 N–H and O–H groups in total. The van der Waals surface area contributed by atoms with Crippen molar-refractivity contribution >= 4 is 17.7 Å². The van der Waals surface area contributed by atoms with Crippen LogP contribution in [0, 0.1) is 5.92 Å². The monoisotopic (exact) mass is 475 g/mol. The van der Waals surface area contributed by atoms with Crippen LogP contribution in [-0.2, 0) is 10.2 Å². The minimum Gasteiger partial charge on any atom is -0.496 e. The number of carbonyl (C=O) groups excluding carboxylic acids is 2. The van der Waals surface area contributed by atoms with Crippen molar-refractivity contribution < 1.29 is 32.2 Å². The van der Waals surface area contributed by atoms with Crippen LogP contribution in [0.25, 0.3) is 16.6 Å². The van der Waals surface area contributed by atoms with E-state index < -0.39 is 24.1 Å². The van der Waals surface area contributed by atoms with Crippen molar-refractivity contribution in [1.29, 1.82) is 0 Å². The van der Waals surface area contributed by atoms with Gasteiger partial charge in [-0.2, -0.15) is 13.9 Å². The van der Waals surface area contributed by atoms with E-state index in [2.05, 4.69) is 15.2 Å². The van der Waals surface area contributed by atoms with Gasteiger partial charge in [-0.25, -0.2) is 8.91 Å². The van der Waals surface area contributed by atoms with E-state index in [1.165, 1.54) is 19.2 Å². The Hall–Kier alpha value is -3.56. The van der Waals surface area contributed by atoms with Gasteiger partial charge in [-0.15, -0.1) is 0 Å². The highest BCUT2D eigenvalue weighted by molar-refractivity contribution is 6.01. The molecular formula is C24H24F3N3O4. The van der Waals surface area contributed by atoms with Gasteiger partial charge in [-0.05, 0) is 49.6 Å². The predicted octanol–water partition coefficient (Wildman–Crippen LogP) is 4.18. The van der Waals surface area contributed by atoms with Crippen molar-refractivity contribution in [2.24, 2.45) is 5.92 Å². The van der Waals surface area contributed by atoms with Gasteiger partial charge >= 0.3 is 6.61 Å². The molecule has 3 aromatic rings. The number of rotatable bonds is 9. The summed E-state index contributed by atoms with van der Waals surface area (Å²) in [5, 5.41) is 6.89. The van der Waals surface area contributed by atoms with Crippen molar-refractivity contribution in [2.45, 2.75) is 38.5 Å². The normalized spacial score (nSPS) is 17.6. The van der Waals surface area contributed by atoms with Crippen molar-refractivity contribution in [2.75, 3.05) is 13.7 Å². The van der Waals surface area contributed by atoms with Crippen LogP contribution in [0.4, 0.5) is 13.2 Å². The first-order valence-corrected chi connectivity index (χ1v) is 10.7. The zero-order chi connectivity index (χ0) is 24.6. The van der Waals surface area contributed by atoms with Crippen LogP contribution < -0.4 is 14.8 Å². The fraction of sp³-hybridized carbons (Fsp3) is 0.375. The fourth-order valence-electron chi connectivity index (χ4n) is 3.71. The highest BCUT2D eigenvalue weighted by Gasteiger charge is 2.37. The molecule has 1 aliphatic carbocycles. The molecule has 34 heavy (non-hydrogen) atoms. The summed E-state index contributed by atoms with van der Waals surface area (Å²) in [5.74, 6) is -1.32. The van der Waals surface area contributed by atoms with Gasteiger partial charge in [0.05, 0.1) is 18.8 Å². The first-order chi connectivity index (χ1) is 16.1. The number of alkyl halides is 3. The van der Waals surface area contributed by atoms with Crippen LogP contribution in [0.5, 0.6) is 11.5 Å². The van der Waals surface area contributed by atoms with Crippen LogP contribution >= 0.6 is 0 Å². The minimum atomic E-state index is -3.18. The second-order valence-corrected chi connectivity index (χ2v) is 8.80. The molecular weight excluding hydrogens is 451 g/mol.